The molecule has 1 heterocycles. The summed E-state index contributed by atoms with van der Waals surface area (Å²) in [6.45, 7) is 0. The zero-order chi connectivity index (χ0) is 17.8. The molecule has 2 aromatic carbocycles. The third-order valence-corrected chi connectivity index (χ3v) is 4.83. The zero-order valence-corrected chi connectivity index (χ0v) is 15.8. The van der Waals surface area contributed by atoms with Gasteiger partial charge in [-0.05, 0) is 30.3 Å². The van der Waals surface area contributed by atoms with Gasteiger partial charge in [-0.15, -0.1) is 5.10 Å². The first-order valence-electron chi connectivity index (χ1n) is 7.11. The number of thioether (sulfide) groups is 1. The summed E-state index contributed by atoms with van der Waals surface area (Å²) >= 11 is 10.5. The van der Waals surface area contributed by atoms with Crippen LogP contribution < -0.4 is 5.32 Å². The van der Waals surface area contributed by atoms with E-state index >= 15 is 0 Å². The Morgan fingerprint density at radius 2 is 2.12 bits per heavy atom. The smallest absolute Gasteiger partial charge is 0.234 e. The molecule has 1 amide bonds. The third kappa shape index (κ3) is 4.53. The van der Waals surface area contributed by atoms with Crippen LogP contribution in [-0.4, -0.2) is 31.9 Å². The average molecular weight is 440 g/mol. The van der Waals surface area contributed by atoms with Gasteiger partial charge in [0.2, 0.25) is 11.1 Å². The largest absolute Gasteiger partial charge is 0.507 e. The van der Waals surface area contributed by atoms with Gasteiger partial charge in [0, 0.05) is 4.47 Å². The van der Waals surface area contributed by atoms with Crippen molar-refractivity contribution in [1.29, 1.82) is 0 Å². The Kier molecular flexibility index (Phi) is 5.62. The van der Waals surface area contributed by atoms with E-state index in [0.717, 1.165) is 4.47 Å². The van der Waals surface area contributed by atoms with Crippen LogP contribution in [0.3, 0.4) is 0 Å². The van der Waals surface area contributed by atoms with Crippen molar-refractivity contribution in [3.63, 3.8) is 0 Å². The molecule has 0 saturated carbocycles. The Hall–Kier alpha value is -2.03. The number of aromatic amines is 1. The van der Waals surface area contributed by atoms with E-state index < -0.39 is 0 Å². The molecular weight excluding hydrogens is 428 g/mol. The summed E-state index contributed by atoms with van der Waals surface area (Å²) in [7, 11) is 0. The van der Waals surface area contributed by atoms with E-state index in [4.69, 9.17) is 11.6 Å². The molecule has 0 fully saturated rings. The monoisotopic (exact) mass is 438 g/mol. The van der Waals surface area contributed by atoms with E-state index in [2.05, 4.69) is 36.4 Å². The highest BCUT2D eigenvalue weighted by molar-refractivity contribution is 9.10. The summed E-state index contributed by atoms with van der Waals surface area (Å²) in [6, 6.07) is 12.0. The molecule has 128 valence electrons. The number of carbonyl (C=O) groups excluding carboxylic acids is 1. The first kappa shape index (κ1) is 17.8. The van der Waals surface area contributed by atoms with Crippen molar-refractivity contribution in [3.8, 4) is 17.1 Å². The predicted molar refractivity (Wildman–Crippen MR) is 102 cm³/mol. The van der Waals surface area contributed by atoms with Crippen molar-refractivity contribution in [2.75, 3.05) is 11.1 Å². The van der Waals surface area contributed by atoms with Gasteiger partial charge in [0.15, 0.2) is 5.82 Å². The standard InChI is InChI=1S/C16H12BrClN4O2S/c17-9-5-6-13(23)10(7-9)15-20-16(22-21-15)25-8-14(24)19-12-4-2-1-3-11(12)18/h1-7,23H,8H2,(H,19,24)(H,20,21,22). The van der Waals surface area contributed by atoms with E-state index in [1.54, 1.807) is 42.5 Å². The second kappa shape index (κ2) is 7.90. The SMILES string of the molecule is O=C(CSc1n[nH]c(-c2cc(Br)ccc2O)n1)Nc1ccccc1Cl. The summed E-state index contributed by atoms with van der Waals surface area (Å²) in [5.41, 5.74) is 1.08. The number of nitrogens with zero attached hydrogens (tertiary/aromatic N) is 2. The van der Waals surface area contributed by atoms with E-state index in [1.807, 2.05) is 0 Å². The second-order valence-electron chi connectivity index (χ2n) is 4.94. The van der Waals surface area contributed by atoms with Gasteiger partial charge >= 0.3 is 0 Å². The van der Waals surface area contributed by atoms with Crippen LogP contribution in [-0.2, 0) is 4.79 Å². The van der Waals surface area contributed by atoms with Gasteiger partial charge in [0.25, 0.3) is 0 Å². The van der Waals surface area contributed by atoms with Crippen molar-refractivity contribution in [3.05, 3.63) is 52.0 Å². The fraction of sp³-hybridized carbons (Fsp3) is 0.0625. The van der Waals surface area contributed by atoms with Crippen LogP contribution in [0, 0.1) is 0 Å². The number of amides is 1. The number of para-hydroxylation sites is 1. The van der Waals surface area contributed by atoms with Crippen LogP contribution in [0.15, 0.2) is 52.1 Å². The summed E-state index contributed by atoms with van der Waals surface area (Å²) in [4.78, 5) is 16.3. The Bertz CT molecular complexity index is 919. The van der Waals surface area contributed by atoms with Gasteiger partial charge in [-0.2, -0.15) is 0 Å². The number of rotatable bonds is 5. The van der Waals surface area contributed by atoms with Crippen molar-refractivity contribution in [2.45, 2.75) is 5.16 Å². The number of aromatic hydroxyl groups is 1. The molecule has 0 atom stereocenters. The van der Waals surface area contributed by atoms with Gasteiger partial charge in [-0.3, -0.25) is 9.89 Å². The number of benzene rings is 2. The van der Waals surface area contributed by atoms with Gasteiger partial charge in [-0.1, -0.05) is 51.4 Å². The fourth-order valence-electron chi connectivity index (χ4n) is 2.01. The maximum absolute atomic E-state index is 12.0. The number of H-pyrrole nitrogens is 1. The quantitative estimate of drug-likeness (QED) is 0.515. The van der Waals surface area contributed by atoms with Crippen LogP contribution in [0.4, 0.5) is 5.69 Å². The minimum Gasteiger partial charge on any atom is -0.507 e. The number of carbonyl (C=O) groups is 1. The highest BCUT2D eigenvalue weighted by atomic mass is 79.9. The van der Waals surface area contributed by atoms with Crippen molar-refractivity contribution < 1.29 is 9.90 Å². The fourth-order valence-corrected chi connectivity index (χ4v) is 3.15. The Morgan fingerprint density at radius 3 is 2.92 bits per heavy atom. The van der Waals surface area contributed by atoms with E-state index in [-0.39, 0.29) is 17.4 Å². The summed E-state index contributed by atoms with van der Waals surface area (Å²) in [6.07, 6.45) is 0. The molecule has 3 rings (SSSR count). The number of aromatic nitrogens is 3. The maximum atomic E-state index is 12.0. The molecule has 9 heteroatoms. The van der Waals surface area contributed by atoms with Crippen LogP contribution >= 0.6 is 39.3 Å². The lowest BCUT2D eigenvalue weighted by Gasteiger charge is -2.05. The molecule has 0 saturated heterocycles. The normalized spacial score (nSPS) is 10.6. The van der Waals surface area contributed by atoms with Crippen LogP contribution in [0.2, 0.25) is 5.02 Å². The highest BCUT2D eigenvalue weighted by Crippen LogP contribution is 2.30. The first-order valence-corrected chi connectivity index (χ1v) is 9.27. The number of hydrogen-bond acceptors (Lipinski definition) is 5. The van der Waals surface area contributed by atoms with Crippen molar-refractivity contribution in [1.82, 2.24) is 15.2 Å². The van der Waals surface area contributed by atoms with Crippen LogP contribution in [0.25, 0.3) is 11.4 Å². The van der Waals surface area contributed by atoms with E-state index in [9.17, 15) is 9.90 Å². The lowest BCUT2D eigenvalue weighted by Crippen LogP contribution is -2.14. The van der Waals surface area contributed by atoms with Gasteiger partial charge in [0.05, 0.1) is 22.0 Å². The maximum Gasteiger partial charge on any atom is 0.234 e. The number of anilines is 1. The number of hydrogen-bond donors (Lipinski definition) is 3. The lowest BCUT2D eigenvalue weighted by atomic mass is 10.2. The van der Waals surface area contributed by atoms with Crippen LogP contribution in [0.5, 0.6) is 5.75 Å². The first-order chi connectivity index (χ1) is 12.0. The molecule has 0 aliphatic carbocycles. The molecule has 6 nitrogen and oxygen atoms in total. The second-order valence-corrected chi connectivity index (χ2v) is 7.21. The number of phenols is 1. The Labute approximate surface area is 161 Å². The van der Waals surface area contributed by atoms with Crippen LogP contribution in [0.1, 0.15) is 0 Å². The van der Waals surface area contributed by atoms with E-state index in [0.29, 0.717) is 27.3 Å². The number of nitrogens with one attached hydrogen (secondary N) is 2. The summed E-state index contributed by atoms with van der Waals surface area (Å²) in [5.74, 6) is 0.433. The molecule has 0 bridgehead atoms. The minimum absolute atomic E-state index is 0.0902. The molecule has 0 aliphatic rings. The van der Waals surface area contributed by atoms with Gasteiger partial charge in [0.1, 0.15) is 5.75 Å². The summed E-state index contributed by atoms with van der Waals surface area (Å²) in [5, 5.41) is 20.3. The molecule has 0 spiro atoms. The third-order valence-electron chi connectivity index (χ3n) is 3.16. The number of halogens is 2. The van der Waals surface area contributed by atoms with Gasteiger partial charge < -0.3 is 10.4 Å². The zero-order valence-electron chi connectivity index (χ0n) is 12.7. The van der Waals surface area contributed by atoms with Crippen molar-refractivity contribution in [2.24, 2.45) is 0 Å². The average Bonchev–Trinajstić information content (AvgIpc) is 3.06. The molecule has 0 aliphatic heterocycles. The topological polar surface area (TPSA) is 90.9 Å². The predicted octanol–water partition coefficient (Wildman–Crippen LogP) is 4.32. The Morgan fingerprint density at radius 1 is 1.32 bits per heavy atom. The molecular formula is C16H12BrClN4O2S. The molecule has 0 radical (unpaired) electrons. The van der Waals surface area contributed by atoms with Gasteiger partial charge in [-0.25, -0.2) is 4.98 Å². The minimum atomic E-state index is -0.213. The van der Waals surface area contributed by atoms with E-state index in [1.165, 1.54) is 11.8 Å². The highest BCUT2D eigenvalue weighted by Gasteiger charge is 2.13. The molecule has 3 aromatic rings. The van der Waals surface area contributed by atoms with Crippen molar-refractivity contribution >= 4 is 50.9 Å². The summed E-state index contributed by atoms with van der Waals surface area (Å²) < 4.78 is 0.810. The lowest BCUT2D eigenvalue weighted by molar-refractivity contribution is -0.113. The number of phenolic OH excluding ortho intramolecular Hbond substituents is 1. The molecule has 25 heavy (non-hydrogen) atoms. The molecule has 1 aromatic heterocycles. The molecule has 3 N–H and O–H groups in total. The Balaban J connectivity index is 1.63. The molecule has 0 unspecified atom stereocenters.